The van der Waals surface area contributed by atoms with E-state index in [2.05, 4.69) is 177 Å². The first-order valence-corrected chi connectivity index (χ1v) is 18.3. The van der Waals surface area contributed by atoms with Crippen LogP contribution in [0.15, 0.2) is 173 Å². The molecule has 10 rings (SSSR count). The van der Waals surface area contributed by atoms with Crippen molar-refractivity contribution in [1.29, 1.82) is 0 Å². The van der Waals surface area contributed by atoms with Crippen LogP contribution >= 0.6 is 0 Å². The zero-order chi connectivity index (χ0) is 34.8. The van der Waals surface area contributed by atoms with E-state index in [1.807, 2.05) is 6.07 Å². The Labute approximate surface area is 304 Å². The molecule has 2 unspecified atom stereocenters. The van der Waals surface area contributed by atoms with Gasteiger partial charge in [0.05, 0.1) is 12.1 Å². The Morgan fingerprint density at radius 2 is 1.19 bits per heavy atom. The molecule has 1 aliphatic carbocycles. The molecule has 0 amide bonds. The van der Waals surface area contributed by atoms with Crippen molar-refractivity contribution in [1.82, 2.24) is 5.32 Å². The third-order valence-electron chi connectivity index (χ3n) is 11.3. The molecule has 1 N–H and O–H groups in total. The van der Waals surface area contributed by atoms with Crippen molar-refractivity contribution in [3.05, 3.63) is 192 Å². The quantitative estimate of drug-likeness (QED) is 0.198. The van der Waals surface area contributed by atoms with E-state index in [4.69, 9.17) is 9.41 Å². The first kappa shape index (κ1) is 30.6. The van der Waals surface area contributed by atoms with E-state index in [-0.39, 0.29) is 17.5 Å². The fourth-order valence-electron chi connectivity index (χ4n) is 8.59. The number of benzene rings is 7. The Hall–Kier alpha value is -6.19. The highest BCUT2D eigenvalue weighted by Crippen LogP contribution is 2.53. The fourth-order valence-corrected chi connectivity index (χ4v) is 8.59. The molecule has 1 aliphatic heterocycles. The Morgan fingerprint density at radius 3 is 1.98 bits per heavy atom. The monoisotopic (exact) mass is 670 g/mol. The van der Waals surface area contributed by atoms with Gasteiger partial charge in [0.1, 0.15) is 17.0 Å². The summed E-state index contributed by atoms with van der Waals surface area (Å²) in [5.41, 5.74) is 15.4. The van der Waals surface area contributed by atoms with Crippen LogP contribution in [-0.4, -0.2) is 5.84 Å². The molecule has 2 heterocycles. The van der Waals surface area contributed by atoms with Gasteiger partial charge < -0.3 is 9.73 Å². The Bertz CT molecular complexity index is 2650. The molecule has 52 heavy (non-hydrogen) atoms. The lowest BCUT2D eigenvalue weighted by Gasteiger charge is -2.31. The number of nitrogens with zero attached hydrogens (tertiary/aromatic N) is 1. The van der Waals surface area contributed by atoms with Crippen molar-refractivity contribution in [3.8, 4) is 33.4 Å². The van der Waals surface area contributed by atoms with E-state index in [1.54, 1.807) is 0 Å². The summed E-state index contributed by atoms with van der Waals surface area (Å²) >= 11 is 0. The molecule has 0 saturated heterocycles. The van der Waals surface area contributed by atoms with Crippen LogP contribution in [0.5, 0.6) is 0 Å². The minimum absolute atomic E-state index is 0.0422. The van der Waals surface area contributed by atoms with Crippen molar-refractivity contribution in [2.24, 2.45) is 4.99 Å². The van der Waals surface area contributed by atoms with Crippen molar-refractivity contribution in [3.63, 3.8) is 0 Å². The molecule has 7 aromatic carbocycles. The number of hydrogen-bond acceptors (Lipinski definition) is 3. The lowest BCUT2D eigenvalue weighted by atomic mass is 9.81. The van der Waals surface area contributed by atoms with Crippen LogP contribution in [0, 0.1) is 0 Å². The minimum atomic E-state index is -0.189. The van der Waals surface area contributed by atoms with Crippen LogP contribution in [0.4, 0.5) is 0 Å². The second-order valence-corrected chi connectivity index (χ2v) is 14.8. The normalized spacial score (nSPS) is 17.4. The summed E-state index contributed by atoms with van der Waals surface area (Å²) < 4.78 is 6.52. The molecule has 1 aromatic heterocycles. The van der Waals surface area contributed by atoms with Crippen LogP contribution in [0.2, 0.25) is 0 Å². The predicted octanol–water partition coefficient (Wildman–Crippen LogP) is 12.4. The number of para-hydroxylation sites is 1. The topological polar surface area (TPSA) is 37.5 Å². The molecule has 0 fully saturated rings. The van der Waals surface area contributed by atoms with Crippen molar-refractivity contribution in [2.45, 2.75) is 37.8 Å². The molecular weight excluding hydrogens is 633 g/mol. The molecule has 0 saturated carbocycles. The maximum atomic E-state index is 6.52. The molecule has 0 bridgehead atoms. The molecule has 3 nitrogen and oxygen atoms in total. The lowest BCUT2D eigenvalue weighted by molar-refractivity contribution is 0.491. The Morgan fingerprint density at radius 1 is 0.558 bits per heavy atom. The van der Waals surface area contributed by atoms with E-state index in [0.29, 0.717) is 0 Å². The minimum Gasteiger partial charge on any atom is -0.456 e. The van der Waals surface area contributed by atoms with Crippen LogP contribution in [-0.2, 0) is 5.41 Å². The van der Waals surface area contributed by atoms with Gasteiger partial charge in [0, 0.05) is 27.3 Å². The van der Waals surface area contributed by atoms with Gasteiger partial charge in [-0.05, 0) is 80.8 Å². The van der Waals surface area contributed by atoms with E-state index >= 15 is 0 Å². The highest BCUT2D eigenvalue weighted by Gasteiger charge is 2.38. The average molecular weight is 671 g/mol. The van der Waals surface area contributed by atoms with Crippen LogP contribution in [0.1, 0.15) is 60.2 Å². The number of rotatable bonds is 5. The number of aliphatic imine (C=N–C) groups is 1. The SMILES string of the molecule is CC1(C)c2cc(-c3ccc(-c4cccc(C5CC(c6ccccc6)NC(c6ccccc6)=N5)c4)cc3)ccc2-c2ccc3c(oc4ccccc43)c21. The van der Waals surface area contributed by atoms with E-state index in [9.17, 15) is 0 Å². The summed E-state index contributed by atoms with van der Waals surface area (Å²) in [5.74, 6) is 0.947. The van der Waals surface area contributed by atoms with Crippen molar-refractivity contribution in [2.75, 3.05) is 0 Å². The number of nitrogens with one attached hydrogen (secondary N) is 1. The molecule has 2 atom stereocenters. The molecule has 2 aliphatic rings. The lowest BCUT2D eigenvalue weighted by Crippen LogP contribution is -2.34. The van der Waals surface area contributed by atoms with Gasteiger partial charge in [-0.2, -0.15) is 0 Å². The number of amidine groups is 1. The third-order valence-corrected chi connectivity index (χ3v) is 11.3. The largest absolute Gasteiger partial charge is 0.456 e. The van der Waals surface area contributed by atoms with Gasteiger partial charge in [0.2, 0.25) is 0 Å². The fraction of sp³-hybridized carbons (Fsp3) is 0.122. The van der Waals surface area contributed by atoms with Gasteiger partial charge in [-0.1, -0.05) is 153 Å². The number of furan rings is 1. The van der Waals surface area contributed by atoms with Gasteiger partial charge in [0.25, 0.3) is 0 Å². The van der Waals surface area contributed by atoms with Crippen LogP contribution in [0.3, 0.4) is 0 Å². The van der Waals surface area contributed by atoms with Crippen molar-refractivity contribution >= 4 is 27.8 Å². The molecule has 0 spiro atoms. The zero-order valence-corrected chi connectivity index (χ0v) is 29.3. The third kappa shape index (κ3) is 4.99. The van der Waals surface area contributed by atoms with Gasteiger partial charge in [-0.15, -0.1) is 0 Å². The number of fused-ring (bicyclic) bond motifs is 7. The average Bonchev–Trinajstić information content (AvgIpc) is 3.70. The molecule has 3 heteroatoms. The summed E-state index contributed by atoms with van der Waals surface area (Å²) in [6.45, 7) is 4.67. The molecule has 0 radical (unpaired) electrons. The predicted molar refractivity (Wildman–Crippen MR) is 215 cm³/mol. The second-order valence-electron chi connectivity index (χ2n) is 14.8. The summed E-state index contributed by atoms with van der Waals surface area (Å²) in [4.78, 5) is 5.27. The molecule has 250 valence electrons. The Balaban J connectivity index is 0.958. The molecular formula is C49H38N2O. The van der Waals surface area contributed by atoms with Gasteiger partial charge in [-0.25, -0.2) is 0 Å². The van der Waals surface area contributed by atoms with E-state index in [0.717, 1.165) is 29.0 Å². The smallest absolute Gasteiger partial charge is 0.140 e. The summed E-state index contributed by atoms with van der Waals surface area (Å²) in [6.07, 6.45) is 0.892. The second kappa shape index (κ2) is 12.0. The summed E-state index contributed by atoms with van der Waals surface area (Å²) in [5, 5.41) is 6.10. The van der Waals surface area contributed by atoms with Gasteiger partial charge in [-0.3, -0.25) is 4.99 Å². The van der Waals surface area contributed by atoms with E-state index in [1.165, 1.54) is 66.4 Å². The highest BCUT2D eigenvalue weighted by atomic mass is 16.3. The highest BCUT2D eigenvalue weighted by molar-refractivity contribution is 6.09. The van der Waals surface area contributed by atoms with Crippen molar-refractivity contribution < 1.29 is 4.42 Å². The standard InChI is InChI=1S/C49H38N2O/c1-49(2)42-29-36(24-25-38(42)40-26-27-41-39-18-9-10-19-45(39)52-47(41)46(40)49)32-22-20-31(21-23-32)35-16-11-17-37(28-35)44-30-43(33-12-5-3-6-13-33)50-48(51-44)34-14-7-4-8-15-34/h3-29,43-44H,30H2,1-2H3,(H,50,51). The van der Waals surface area contributed by atoms with Gasteiger partial charge in [0.15, 0.2) is 0 Å². The number of hydrogen-bond donors (Lipinski definition) is 1. The van der Waals surface area contributed by atoms with Gasteiger partial charge >= 0.3 is 0 Å². The van der Waals surface area contributed by atoms with Crippen LogP contribution < -0.4 is 5.32 Å². The zero-order valence-electron chi connectivity index (χ0n) is 29.3. The maximum Gasteiger partial charge on any atom is 0.140 e. The van der Waals surface area contributed by atoms with E-state index < -0.39 is 0 Å². The first-order valence-electron chi connectivity index (χ1n) is 18.3. The Kier molecular flexibility index (Phi) is 7.04. The maximum absolute atomic E-state index is 6.52. The van der Waals surface area contributed by atoms with Crippen LogP contribution in [0.25, 0.3) is 55.3 Å². The summed E-state index contributed by atoms with van der Waals surface area (Å²) in [7, 11) is 0. The summed E-state index contributed by atoms with van der Waals surface area (Å²) in [6, 6.07) is 59.2. The first-order chi connectivity index (χ1) is 25.5. The molecule has 8 aromatic rings.